The Kier molecular flexibility index (Phi) is 2.16. The van der Waals surface area contributed by atoms with E-state index in [9.17, 15) is 9.90 Å². The van der Waals surface area contributed by atoms with Gasteiger partial charge in [-0.15, -0.1) is 0 Å². The Labute approximate surface area is 87.4 Å². The summed E-state index contributed by atoms with van der Waals surface area (Å²) in [5.74, 6) is 0. The first-order valence-corrected chi connectivity index (χ1v) is 4.86. The lowest BCUT2D eigenvalue weighted by Crippen LogP contribution is -2.19. The molecule has 0 saturated heterocycles. The summed E-state index contributed by atoms with van der Waals surface area (Å²) in [4.78, 5) is 11.6. The SMILES string of the molecule is CC(O)c1ccc2c(c1)n(C)c(=O)n2C. The van der Waals surface area contributed by atoms with Crippen molar-refractivity contribution in [3.05, 3.63) is 34.2 Å². The third-order valence-electron chi connectivity index (χ3n) is 2.78. The van der Waals surface area contributed by atoms with Crippen LogP contribution in [0.5, 0.6) is 0 Å². The third-order valence-corrected chi connectivity index (χ3v) is 2.78. The molecule has 2 aromatic rings. The molecule has 80 valence electrons. The van der Waals surface area contributed by atoms with E-state index in [2.05, 4.69) is 0 Å². The second-order valence-electron chi connectivity index (χ2n) is 3.82. The van der Waals surface area contributed by atoms with Gasteiger partial charge in [0.1, 0.15) is 0 Å². The van der Waals surface area contributed by atoms with Crippen LogP contribution in [0.15, 0.2) is 23.0 Å². The predicted molar refractivity (Wildman–Crippen MR) is 58.8 cm³/mol. The number of aliphatic hydroxyl groups excluding tert-OH is 1. The van der Waals surface area contributed by atoms with Crippen LogP contribution >= 0.6 is 0 Å². The van der Waals surface area contributed by atoms with Crippen molar-refractivity contribution in [2.45, 2.75) is 13.0 Å². The van der Waals surface area contributed by atoms with E-state index in [1.54, 1.807) is 30.2 Å². The molecule has 1 unspecified atom stereocenters. The van der Waals surface area contributed by atoms with Crippen molar-refractivity contribution < 1.29 is 5.11 Å². The van der Waals surface area contributed by atoms with E-state index in [0.717, 1.165) is 16.6 Å². The molecule has 1 aromatic heterocycles. The number of imidazole rings is 1. The Morgan fingerprint density at radius 2 is 1.80 bits per heavy atom. The van der Waals surface area contributed by atoms with Gasteiger partial charge in [0.25, 0.3) is 0 Å². The minimum atomic E-state index is -0.510. The average Bonchev–Trinajstić information content (AvgIpc) is 2.44. The normalized spacial score (nSPS) is 13.3. The standard InChI is InChI=1S/C11H14N2O2/c1-7(14)8-4-5-9-10(6-8)13(3)11(15)12(9)2/h4-7,14H,1-3H3. The van der Waals surface area contributed by atoms with E-state index < -0.39 is 6.10 Å². The summed E-state index contributed by atoms with van der Waals surface area (Å²) in [7, 11) is 3.48. The molecule has 0 bridgehead atoms. The number of nitrogens with zero attached hydrogens (tertiary/aromatic N) is 2. The number of aryl methyl sites for hydroxylation is 2. The molecule has 1 atom stereocenters. The molecule has 0 fully saturated rings. The molecular weight excluding hydrogens is 192 g/mol. The van der Waals surface area contributed by atoms with Gasteiger partial charge in [-0.25, -0.2) is 4.79 Å². The highest BCUT2D eigenvalue weighted by Crippen LogP contribution is 2.18. The summed E-state index contributed by atoms with van der Waals surface area (Å²) in [6, 6.07) is 5.55. The van der Waals surface area contributed by atoms with Gasteiger partial charge in [-0.3, -0.25) is 9.13 Å². The van der Waals surface area contributed by atoms with Crippen LogP contribution < -0.4 is 5.69 Å². The number of fused-ring (bicyclic) bond motifs is 1. The molecule has 1 heterocycles. The van der Waals surface area contributed by atoms with Gasteiger partial charge in [0, 0.05) is 14.1 Å². The first-order chi connectivity index (χ1) is 7.02. The quantitative estimate of drug-likeness (QED) is 0.754. The molecule has 4 heteroatoms. The second kappa shape index (κ2) is 3.24. The van der Waals surface area contributed by atoms with Gasteiger partial charge in [0.05, 0.1) is 17.1 Å². The number of aliphatic hydroxyl groups is 1. The first-order valence-electron chi connectivity index (χ1n) is 4.86. The maximum absolute atomic E-state index is 11.6. The minimum Gasteiger partial charge on any atom is -0.389 e. The highest BCUT2D eigenvalue weighted by molar-refractivity contribution is 5.76. The Hall–Kier alpha value is -1.55. The van der Waals surface area contributed by atoms with E-state index in [1.807, 2.05) is 18.2 Å². The molecule has 15 heavy (non-hydrogen) atoms. The van der Waals surface area contributed by atoms with E-state index in [1.165, 1.54) is 0 Å². The molecule has 1 aromatic carbocycles. The van der Waals surface area contributed by atoms with Gasteiger partial charge < -0.3 is 5.11 Å². The lowest BCUT2D eigenvalue weighted by atomic mass is 10.1. The van der Waals surface area contributed by atoms with Crippen LogP contribution in [-0.2, 0) is 14.1 Å². The fourth-order valence-corrected chi connectivity index (χ4v) is 1.78. The molecule has 0 amide bonds. The van der Waals surface area contributed by atoms with Crippen LogP contribution in [0.2, 0.25) is 0 Å². The Bertz CT molecular complexity index is 564. The summed E-state index contributed by atoms with van der Waals surface area (Å²) >= 11 is 0. The van der Waals surface area contributed by atoms with Crippen molar-refractivity contribution in [2.24, 2.45) is 14.1 Å². The summed E-state index contributed by atoms with van der Waals surface area (Å²) < 4.78 is 3.18. The number of hydrogen-bond acceptors (Lipinski definition) is 2. The first kappa shape index (κ1) is 9.98. The molecule has 0 spiro atoms. The van der Waals surface area contributed by atoms with Crippen molar-refractivity contribution in [3.63, 3.8) is 0 Å². The lowest BCUT2D eigenvalue weighted by molar-refractivity contribution is 0.199. The van der Waals surface area contributed by atoms with E-state index in [-0.39, 0.29) is 5.69 Å². The number of aromatic nitrogens is 2. The predicted octanol–water partition coefficient (Wildman–Crippen LogP) is 0.930. The Balaban J connectivity index is 2.83. The van der Waals surface area contributed by atoms with Gasteiger partial charge in [-0.2, -0.15) is 0 Å². The third kappa shape index (κ3) is 1.37. The topological polar surface area (TPSA) is 47.2 Å². The van der Waals surface area contributed by atoms with Gasteiger partial charge >= 0.3 is 5.69 Å². The molecule has 4 nitrogen and oxygen atoms in total. The maximum atomic E-state index is 11.6. The molecule has 0 aliphatic heterocycles. The Morgan fingerprint density at radius 1 is 1.20 bits per heavy atom. The lowest BCUT2D eigenvalue weighted by Gasteiger charge is -2.04. The molecule has 0 saturated carbocycles. The minimum absolute atomic E-state index is 0.0484. The van der Waals surface area contributed by atoms with Crippen LogP contribution in [0.1, 0.15) is 18.6 Å². The molecule has 0 aliphatic carbocycles. The molecular formula is C11H14N2O2. The monoisotopic (exact) mass is 206 g/mol. The fraction of sp³-hybridized carbons (Fsp3) is 0.364. The number of benzene rings is 1. The highest BCUT2D eigenvalue weighted by Gasteiger charge is 2.09. The van der Waals surface area contributed by atoms with Crippen LogP contribution in [0, 0.1) is 0 Å². The van der Waals surface area contributed by atoms with Crippen LogP contribution in [0.3, 0.4) is 0 Å². The molecule has 1 N–H and O–H groups in total. The fourth-order valence-electron chi connectivity index (χ4n) is 1.78. The van der Waals surface area contributed by atoms with Gasteiger partial charge in [0.15, 0.2) is 0 Å². The van der Waals surface area contributed by atoms with E-state index >= 15 is 0 Å². The summed E-state index contributed by atoms with van der Waals surface area (Å²) in [5, 5.41) is 9.46. The van der Waals surface area contributed by atoms with Crippen molar-refractivity contribution in [2.75, 3.05) is 0 Å². The summed E-state index contributed by atoms with van der Waals surface area (Å²) in [6.07, 6.45) is -0.510. The second-order valence-corrected chi connectivity index (χ2v) is 3.82. The van der Waals surface area contributed by atoms with Gasteiger partial charge in [0.2, 0.25) is 0 Å². The van der Waals surface area contributed by atoms with Gasteiger partial charge in [-0.05, 0) is 24.6 Å². The van der Waals surface area contributed by atoms with Crippen molar-refractivity contribution in [1.82, 2.24) is 9.13 Å². The largest absolute Gasteiger partial charge is 0.389 e. The van der Waals surface area contributed by atoms with Crippen LogP contribution in [-0.4, -0.2) is 14.2 Å². The van der Waals surface area contributed by atoms with Gasteiger partial charge in [-0.1, -0.05) is 6.07 Å². The number of rotatable bonds is 1. The number of hydrogen-bond donors (Lipinski definition) is 1. The zero-order valence-electron chi connectivity index (χ0n) is 9.06. The Morgan fingerprint density at radius 3 is 2.40 bits per heavy atom. The maximum Gasteiger partial charge on any atom is 0.328 e. The van der Waals surface area contributed by atoms with E-state index in [0.29, 0.717) is 0 Å². The summed E-state index contributed by atoms with van der Waals surface area (Å²) in [6.45, 7) is 1.71. The smallest absolute Gasteiger partial charge is 0.328 e. The molecule has 0 aliphatic rings. The molecule has 2 rings (SSSR count). The van der Waals surface area contributed by atoms with Crippen molar-refractivity contribution >= 4 is 11.0 Å². The molecule has 0 radical (unpaired) electrons. The summed E-state index contributed by atoms with van der Waals surface area (Å²) in [5.41, 5.74) is 2.50. The van der Waals surface area contributed by atoms with Crippen LogP contribution in [0.25, 0.3) is 11.0 Å². The van der Waals surface area contributed by atoms with Crippen LogP contribution in [0.4, 0.5) is 0 Å². The zero-order chi connectivity index (χ0) is 11.2. The average molecular weight is 206 g/mol. The highest BCUT2D eigenvalue weighted by atomic mass is 16.3. The van der Waals surface area contributed by atoms with Crippen molar-refractivity contribution in [3.8, 4) is 0 Å². The van der Waals surface area contributed by atoms with Crippen molar-refractivity contribution in [1.29, 1.82) is 0 Å². The van der Waals surface area contributed by atoms with E-state index in [4.69, 9.17) is 0 Å². The zero-order valence-corrected chi connectivity index (χ0v) is 9.06.